The van der Waals surface area contributed by atoms with Crippen molar-refractivity contribution in [2.75, 3.05) is 6.61 Å². The molecule has 0 aliphatic heterocycles. The highest BCUT2D eigenvalue weighted by Gasteiger charge is 2.36. The van der Waals surface area contributed by atoms with Crippen LogP contribution in [0, 0.1) is 11.8 Å². The lowest BCUT2D eigenvalue weighted by molar-refractivity contribution is -0.159. The Labute approximate surface area is 184 Å². The first-order valence-corrected chi connectivity index (χ1v) is 12.7. The van der Waals surface area contributed by atoms with Gasteiger partial charge < -0.3 is 9.84 Å². The van der Waals surface area contributed by atoms with E-state index in [1.165, 1.54) is 77.0 Å². The first-order valence-electron chi connectivity index (χ1n) is 12.7. The number of carboxylic acids is 1. The molecule has 0 spiro atoms. The standard InChI is InChI=1S/C26H46O4/c1-2-3-4-5-6-7-8-9-10-11-12-13-14-15-16-19-22-30-26(29)24-21-18-17-20-23(24)25(27)28/h4-5,23-24H,2-3,6-22H2,1H3,(H,27,28)/b5-4+. The summed E-state index contributed by atoms with van der Waals surface area (Å²) in [5.41, 5.74) is 0. The molecule has 0 saturated heterocycles. The van der Waals surface area contributed by atoms with Crippen molar-refractivity contribution in [3.8, 4) is 0 Å². The summed E-state index contributed by atoms with van der Waals surface area (Å²) in [7, 11) is 0. The van der Waals surface area contributed by atoms with E-state index in [-0.39, 0.29) is 5.97 Å². The van der Waals surface area contributed by atoms with Crippen molar-refractivity contribution < 1.29 is 19.4 Å². The van der Waals surface area contributed by atoms with Crippen molar-refractivity contribution in [2.24, 2.45) is 11.8 Å². The number of allylic oxidation sites excluding steroid dienone is 2. The molecule has 1 N–H and O–H groups in total. The van der Waals surface area contributed by atoms with Gasteiger partial charge in [-0.15, -0.1) is 0 Å². The second kappa shape index (κ2) is 18.4. The molecule has 174 valence electrons. The highest BCUT2D eigenvalue weighted by atomic mass is 16.5. The molecule has 0 bridgehead atoms. The highest BCUT2D eigenvalue weighted by molar-refractivity contribution is 5.81. The third kappa shape index (κ3) is 13.1. The van der Waals surface area contributed by atoms with Crippen LogP contribution >= 0.6 is 0 Å². The molecule has 0 aromatic carbocycles. The van der Waals surface area contributed by atoms with Gasteiger partial charge >= 0.3 is 11.9 Å². The number of carbonyl (C=O) groups excluding carboxylic acids is 1. The number of rotatable bonds is 18. The molecule has 4 heteroatoms. The fraction of sp³-hybridized carbons (Fsp3) is 0.846. The zero-order chi connectivity index (χ0) is 21.9. The third-order valence-corrected chi connectivity index (χ3v) is 6.27. The molecule has 0 aromatic rings. The maximum atomic E-state index is 12.2. The van der Waals surface area contributed by atoms with Crippen LogP contribution < -0.4 is 0 Å². The predicted octanol–water partition coefficient (Wildman–Crippen LogP) is 7.46. The van der Waals surface area contributed by atoms with E-state index in [1.54, 1.807) is 0 Å². The molecule has 2 atom stereocenters. The third-order valence-electron chi connectivity index (χ3n) is 6.27. The number of hydrogen-bond donors (Lipinski definition) is 1. The van der Waals surface area contributed by atoms with Crippen molar-refractivity contribution in [1.82, 2.24) is 0 Å². The van der Waals surface area contributed by atoms with E-state index < -0.39 is 17.8 Å². The predicted molar refractivity (Wildman–Crippen MR) is 123 cm³/mol. The lowest BCUT2D eigenvalue weighted by atomic mass is 9.79. The number of carbonyl (C=O) groups is 2. The Morgan fingerprint density at radius 2 is 1.27 bits per heavy atom. The Hall–Kier alpha value is -1.32. The second-order valence-corrected chi connectivity index (χ2v) is 8.94. The molecule has 4 nitrogen and oxygen atoms in total. The fourth-order valence-electron chi connectivity index (χ4n) is 4.35. The Kier molecular flexibility index (Phi) is 16.4. The van der Waals surface area contributed by atoms with Crippen molar-refractivity contribution in [3.63, 3.8) is 0 Å². The fourth-order valence-corrected chi connectivity index (χ4v) is 4.35. The summed E-state index contributed by atoms with van der Waals surface area (Å²) in [6, 6.07) is 0. The van der Waals surface area contributed by atoms with Crippen LogP contribution in [0.2, 0.25) is 0 Å². The molecule has 1 saturated carbocycles. The topological polar surface area (TPSA) is 63.6 Å². The minimum Gasteiger partial charge on any atom is -0.481 e. The van der Waals surface area contributed by atoms with Gasteiger partial charge in [0, 0.05) is 0 Å². The van der Waals surface area contributed by atoms with Crippen LogP contribution in [0.1, 0.15) is 122 Å². The first kappa shape index (κ1) is 26.7. The monoisotopic (exact) mass is 422 g/mol. The van der Waals surface area contributed by atoms with Crippen molar-refractivity contribution in [2.45, 2.75) is 122 Å². The minimum absolute atomic E-state index is 0.293. The highest BCUT2D eigenvalue weighted by Crippen LogP contribution is 2.31. The quantitative estimate of drug-likeness (QED) is 0.141. The van der Waals surface area contributed by atoms with Crippen LogP contribution in [0.25, 0.3) is 0 Å². The van der Waals surface area contributed by atoms with Crippen LogP contribution in [0.5, 0.6) is 0 Å². The number of unbranched alkanes of at least 4 members (excludes halogenated alkanes) is 12. The summed E-state index contributed by atoms with van der Waals surface area (Å²) < 4.78 is 5.37. The summed E-state index contributed by atoms with van der Waals surface area (Å²) in [6.45, 7) is 2.66. The average molecular weight is 423 g/mol. The van der Waals surface area contributed by atoms with Crippen LogP contribution in [0.15, 0.2) is 12.2 Å². The normalized spacial score (nSPS) is 19.2. The lowest BCUT2D eigenvalue weighted by Gasteiger charge is -2.26. The van der Waals surface area contributed by atoms with Gasteiger partial charge in [-0.05, 0) is 38.5 Å². The lowest BCUT2D eigenvalue weighted by Crippen LogP contribution is -2.33. The minimum atomic E-state index is -0.851. The molecule has 0 radical (unpaired) electrons. The van der Waals surface area contributed by atoms with Gasteiger partial charge in [-0.3, -0.25) is 9.59 Å². The smallest absolute Gasteiger partial charge is 0.309 e. The van der Waals surface area contributed by atoms with Gasteiger partial charge in [0.1, 0.15) is 0 Å². The Morgan fingerprint density at radius 1 is 0.767 bits per heavy atom. The van der Waals surface area contributed by atoms with Crippen molar-refractivity contribution in [3.05, 3.63) is 12.2 Å². The van der Waals surface area contributed by atoms with Crippen molar-refractivity contribution in [1.29, 1.82) is 0 Å². The molecule has 0 heterocycles. The molecule has 1 aliphatic rings. The molecule has 30 heavy (non-hydrogen) atoms. The Bertz CT molecular complexity index is 472. The molecule has 0 aromatic heterocycles. The summed E-state index contributed by atoms with van der Waals surface area (Å²) >= 11 is 0. The van der Waals surface area contributed by atoms with Gasteiger partial charge in [-0.1, -0.05) is 96.1 Å². The summed E-state index contributed by atoms with van der Waals surface area (Å²) in [5, 5.41) is 9.27. The molecule has 2 unspecified atom stereocenters. The maximum absolute atomic E-state index is 12.2. The molecule has 1 fully saturated rings. The molecule has 0 amide bonds. The van der Waals surface area contributed by atoms with E-state index in [0.717, 1.165) is 25.7 Å². The second-order valence-electron chi connectivity index (χ2n) is 8.94. The van der Waals surface area contributed by atoms with E-state index in [2.05, 4.69) is 19.1 Å². The van der Waals surface area contributed by atoms with Gasteiger partial charge in [0.05, 0.1) is 18.4 Å². The number of aliphatic carboxylic acids is 1. The molecular formula is C26H46O4. The van der Waals surface area contributed by atoms with Crippen LogP contribution in [-0.2, 0) is 14.3 Å². The summed E-state index contributed by atoms with van der Waals surface area (Å²) in [6.07, 6.45) is 25.3. The zero-order valence-electron chi connectivity index (χ0n) is 19.4. The van der Waals surface area contributed by atoms with E-state index >= 15 is 0 Å². The number of ether oxygens (including phenoxy) is 1. The average Bonchev–Trinajstić information content (AvgIpc) is 2.75. The molecule has 1 rings (SSSR count). The Balaban J connectivity index is 1.86. The maximum Gasteiger partial charge on any atom is 0.309 e. The van der Waals surface area contributed by atoms with Crippen LogP contribution in [-0.4, -0.2) is 23.7 Å². The number of esters is 1. The Morgan fingerprint density at radius 3 is 1.83 bits per heavy atom. The van der Waals surface area contributed by atoms with Gasteiger partial charge in [0.15, 0.2) is 0 Å². The zero-order valence-corrected chi connectivity index (χ0v) is 19.4. The van der Waals surface area contributed by atoms with E-state index in [1.807, 2.05) is 0 Å². The van der Waals surface area contributed by atoms with Crippen molar-refractivity contribution >= 4 is 11.9 Å². The largest absolute Gasteiger partial charge is 0.481 e. The summed E-state index contributed by atoms with van der Waals surface area (Å²) in [5.74, 6) is -2.13. The van der Waals surface area contributed by atoms with Crippen LogP contribution in [0.4, 0.5) is 0 Å². The SMILES string of the molecule is CCC/C=C/CCCCCCCCCCCCCOC(=O)C1CCCCC1C(=O)O. The first-order chi connectivity index (χ1) is 14.7. The van der Waals surface area contributed by atoms with E-state index in [4.69, 9.17) is 4.74 Å². The molecular weight excluding hydrogens is 376 g/mol. The van der Waals surface area contributed by atoms with E-state index in [9.17, 15) is 14.7 Å². The van der Waals surface area contributed by atoms with Gasteiger partial charge in [0.2, 0.25) is 0 Å². The van der Waals surface area contributed by atoms with Gasteiger partial charge in [-0.2, -0.15) is 0 Å². The summed E-state index contributed by atoms with van der Waals surface area (Å²) in [4.78, 5) is 23.5. The number of hydrogen-bond acceptors (Lipinski definition) is 3. The number of carboxylic acid groups (broad SMARTS) is 1. The van der Waals surface area contributed by atoms with Gasteiger partial charge in [-0.25, -0.2) is 0 Å². The van der Waals surface area contributed by atoms with Gasteiger partial charge in [0.25, 0.3) is 0 Å². The molecule has 1 aliphatic carbocycles. The van der Waals surface area contributed by atoms with Crippen LogP contribution in [0.3, 0.4) is 0 Å². The van der Waals surface area contributed by atoms with E-state index in [0.29, 0.717) is 19.4 Å².